The number of hydrogen-bond donors (Lipinski definition) is 2. The minimum Gasteiger partial charge on any atom is -0.497 e. The molecule has 0 unspecified atom stereocenters. The molecule has 0 aliphatic heterocycles. The summed E-state index contributed by atoms with van der Waals surface area (Å²) >= 11 is 0. The van der Waals surface area contributed by atoms with Gasteiger partial charge in [0.25, 0.3) is 0 Å². The molecule has 3 aromatic carbocycles. The third-order valence-electron chi connectivity index (χ3n) is 6.40. The Bertz CT molecular complexity index is 1360. The van der Waals surface area contributed by atoms with Gasteiger partial charge < -0.3 is 29.2 Å². The van der Waals surface area contributed by atoms with Crippen LogP contribution in [0.2, 0.25) is 0 Å². The molecular formula is C29H32N2O5. The molecule has 0 amide bonds. The van der Waals surface area contributed by atoms with Crippen LogP contribution in [0.25, 0.3) is 10.9 Å². The molecule has 2 N–H and O–H groups in total. The summed E-state index contributed by atoms with van der Waals surface area (Å²) in [6.45, 7) is 3.54. The number of fused-ring (bicyclic) bond motifs is 1. The van der Waals surface area contributed by atoms with Gasteiger partial charge in [-0.05, 0) is 61.3 Å². The van der Waals surface area contributed by atoms with Crippen molar-refractivity contribution in [2.75, 3.05) is 27.9 Å². The second kappa shape index (κ2) is 11.2. The Hall–Kier alpha value is -3.97. The second-order valence-corrected chi connectivity index (χ2v) is 8.69. The van der Waals surface area contributed by atoms with Gasteiger partial charge in [-0.15, -0.1) is 0 Å². The zero-order valence-electron chi connectivity index (χ0n) is 21.1. The van der Waals surface area contributed by atoms with Crippen LogP contribution in [-0.2, 0) is 19.5 Å². The molecule has 0 bridgehead atoms. The van der Waals surface area contributed by atoms with Crippen LogP contribution in [0, 0.1) is 6.92 Å². The number of nitrogens with one attached hydrogen (secondary N) is 1. The fourth-order valence-electron chi connectivity index (χ4n) is 4.51. The fourth-order valence-corrected chi connectivity index (χ4v) is 4.51. The summed E-state index contributed by atoms with van der Waals surface area (Å²) in [5, 5.41) is 14.6. The van der Waals surface area contributed by atoms with E-state index in [1.807, 2.05) is 72.2 Å². The number of benzene rings is 3. The maximum atomic E-state index is 12.5. The lowest BCUT2D eigenvalue weighted by molar-refractivity contribution is 0.0684. The summed E-state index contributed by atoms with van der Waals surface area (Å²) in [5.41, 5.74) is 5.09. The van der Waals surface area contributed by atoms with Crippen molar-refractivity contribution in [3.05, 3.63) is 88.6 Å². The van der Waals surface area contributed by atoms with Crippen LogP contribution >= 0.6 is 0 Å². The lowest BCUT2D eigenvalue weighted by Crippen LogP contribution is -2.19. The molecule has 0 fully saturated rings. The van der Waals surface area contributed by atoms with Crippen LogP contribution in [0.15, 0.2) is 60.7 Å². The second-order valence-electron chi connectivity index (χ2n) is 8.69. The van der Waals surface area contributed by atoms with E-state index in [1.54, 1.807) is 21.3 Å². The molecule has 36 heavy (non-hydrogen) atoms. The number of rotatable bonds is 11. The number of carbonyl (C=O) groups is 1. The molecule has 7 heteroatoms. The molecular weight excluding hydrogens is 456 g/mol. The van der Waals surface area contributed by atoms with E-state index in [2.05, 4.69) is 5.32 Å². The maximum absolute atomic E-state index is 12.5. The lowest BCUT2D eigenvalue weighted by Gasteiger charge is -2.12. The monoisotopic (exact) mass is 488 g/mol. The first-order valence-electron chi connectivity index (χ1n) is 11.8. The molecule has 0 radical (unpaired) electrons. The van der Waals surface area contributed by atoms with Crippen molar-refractivity contribution in [2.24, 2.45) is 0 Å². The summed E-state index contributed by atoms with van der Waals surface area (Å²) in [4.78, 5) is 12.5. The predicted molar refractivity (Wildman–Crippen MR) is 141 cm³/mol. The van der Waals surface area contributed by atoms with Crippen molar-refractivity contribution in [3.63, 3.8) is 0 Å². The van der Waals surface area contributed by atoms with Crippen LogP contribution in [0.5, 0.6) is 17.2 Å². The highest BCUT2D eigenvalue weighted by Crippen LogP contribution is 2.31. The van der Waals surface area contributed by atoms with Crippen molar-refractivity contribution < 1.29 is 24.1 Å². The number of aromatic carboxylic acids is 1. The number of nitrogens with zero attached hydrogens (tertiary/aromatic N) is 1. The van der Waals surface area contributed by atoms with E-state index in [1.165, 1.54) is 0 Å². The van der Waals surface area contributed by atoms with E-state index in [9.17, 15) is 9.90 Å². The Morgan fingerprint density at radius 1 is 0.917 bits per heavy atom. The molecule has 188 valence electrons. The van der Waals surface area contributed by atoms with Crippen LogP contribution in [0.1, 0.15) is 32.7 Å². The van der Waals surface area contributed by atoms with E-state index in [4.69, 9.17) is 14.2 Å². The minimum atomic E-state index is -0.955. The summed E-state index contributed by atoms with van der Waals surface area (Å²) in [7, 11) is 4.90. The zero-order chi connectivity index (χ0) is 25.7. The molecule has 0 aliphatic rings. The van der Waals surface area contributed by atoms with Gasteiger partial charge in [0.2, 0.25) is 0 Å². The van der Waals surface area contributed by atoms with Crippen LogP contribution < -0.4 is 19.5 Å². The molecule has 1 aromatic heterocycles. The third kappa shape index (κ3) is 5.31. The topological polar surface area (TPSA) is 82.0 Å². The fraction of sp³-hybridized carbons (Fsp3) is 0.276. The zero-order valence-corrected chi connectivity index (χ0v) is 21.1. The Labute approximate surface area is 211 Å². The quantitative estimate of drug-likeness (QED) is 0.288. The predicted octanol–water partition coefficient (Wildman–Crippen LogP) is 5.05. The SMILES string of the molecule is COc1ccc(OC)c(CCNCc2c(C(=O)O)n(Cc3ccc(C)cc3)c3cc(OC)ccc23)c1. The van der Waals surface area contributed by atoms with E-state index in [-0.39, 0.29) is 5.69 Å². The summed E-state index contributed by atoms with van der Waals surface area (Å²) in [5.74, 6) is 1.30. The summed E-state index contributed by atoms with van der Waals surface area (Å²) in [6.07, 6.45) is 0.707. The van der Waals surface area contributed by atoms with Crippen LogP contribution in [0.3, 0.4) is 0 Å². The number of aromatic nitrogens is 1. The Morgan fingerprint density at radius 2 is 1.61 bits per heavy atom. The van der Waals surface area contributed by atoms with Gasteiger partial charge in [-0.25, -0.2) is 4.79 Å². The molecule has 1 heterocycles. The van der Waals surface area contributed by atoms with Gasteiger partial charge in [0.1, 0.15) is 22.9 Å². The maximum Gasteiger partial charge on any atom is 0.352 e. The van der Waals surface area contributed by atoms with E-state index in [0.717, 1.165) is 44.7 Å². The van der Waals surface area contributed by atoms with Gasteiger partial charge >= 0.3 is 5.97 Å². The number of ether oxygens (including phenoxy) is 3. The Balaban J connectivity index is 1.64. The van der Waals surface area contributed by atoms with E-state index >= 15 is 0 Å². The first kappa shape index (κ1) is 25.1. The Kier molecular flexibility index (Phi) is 7.80. The molecule has 7 nitrogen and oxygen atoms in total. The first-order valence-corrected chi connectivity index (χ1v) is 11.8. The number of hydrogen-bond acceptors (Lipinski definition) is 5. The average Bonchev–Trinajstić information content (AvgIpc) is 3.20. The smallest absolute Gasteiger partial charge is 0.352 e. The Morgan fingerprint density at radius 3 is 2.28 bits per heavy atom. The van der Waals surface area contributed by atoms with Crippen molar-refractivity contribution in [1.29, 1.82) is 0 Å². The minimum absolute atomic E-state index is 0.283. The van der Waals surface area contributed by atoms with Gasteiger partial charge in [-0.3, -0.25) is 0 Å². The number of methoxy groups -OCH3 is 3. The molecule has 0 aliphatic carbocycles. The van der Waals surface area contributed by atoms with Crippen LogP contribution in [0.4, 0.5) is 0 Å². The largest absolute Gasteiger partial charge is 0.497 e. The lowest BCUT2D eigenvalue weighted by atomic mass is 10.1. The third-order valence-corrected chi connectivity index (χ3v) is 6.40. The summed E-state index contributed by atoms with van der Waals surface area (Å²) < 4.78 is 18.1. The number of aryl methyl sites for hydroxylation is 1. The average molecular weight is 489 g/mol. The highest BCUT2D eigenvalue weighted by molar-refractivity contribution is 5.98. The number of carboxylic acid groups (broad SMARTS) is 1. The van der Waals surface area contributed by atoms with Crippen molar-refractivity contribution >= 4 is 16.9 Å². The first-order chi connectivity index (χ1) is 17.4. The molecule has 0 spiro atoms. The van der Waals surface area contributed by atoms with E-state index in [0.29, 0.717) is 31.8 Å². The van der Waals surface area contributed by atoms with Crippen molar-refractivity contribution in [1.82, 2.24) is 9.88 Å². The van der Waals surface area contributed by atoms with Gasteiger partial charge in [-0.1, -0.05) is 29.8 Å². The van der Waals surface area contributed by atoms with Gasteiger partial charge in [0.05, 0.1) is 26.8 Å². The van der Waals surface area contributed by atoms with Crippen molar-refractivity contribution in [3.8, 4) is 17.2 Å². The van der Waals surface area contributed by atoms with Crippen LogP contribution in [-0.4, -0.2) is 43.5 Å². The normalized spacial score (nSPS) is 11.0. The van der Waals surface area contributed by atoms with Gasteiger partial charge in [0, 0.05) is 30.1 Å². The highest BCUT2D eigenvalue weighted by Gasteiger charge is 2.23. The molecule has 4 rings (SSSR count). The standard InChI is InChI=1S/C29H32N2O5/c1-19-5-7-20(8-6-19)18-31-26-16-23(35-3)9-11-24(26)25(28(31)29(32)33)17-30-14-13-21-15-22(34-2)10-12-27(21)36-4/h5-12,15-16,30H,13-14,17-18H2,1-4H3,(H,32,33). The van der Waals surface area contributed by atoms with Crippen molar-refractivity contribution in [2.45, 2.75) is 26.4 Å². The number of carboxylic acids is 1. The van der Waals surface area contributed by atoms with Gasteiger partial charge in [-0.2, -0.15) is 0 Å². The summed E-state index contributed by atoms with van der Waals surface area (Å²) in [6, 6.07) is 19.6. The van der Waals surface area contributed by atoms with E-state index < -0.39 is 5.97 Å². The molecule has 4 aromatic rings. The molecule has 0 saturated heterocycles. The highest BCUT2D eigenvalue weighted by atomic mass is 16.5. The molecule has 0 atom stereocenters. The molecule has 0 saturated carbocycles. The van der Waals surface area contributed by atoms with Gasteiger partial charge in [0.15, 0.2) is 0 Å².